The maximum absolute atomic E-state index is 5.96. The fourth-order valence-corrected chi connectivity index (χ4v) is 2.53. The minimum atomic E-state index is 0.232. The molecule has 1 aromatic carbocycles. The highest BCUT2D eigenvalue weighted by atomic mass is 15.1. The molecule has 2 heteroatoms. The van der Waals surface area contributed by atoms with Crippen molar-refractivity contribution in [3.63, 3.8) is 0 Å². The molecule has 100 valence electrons. The molecule has 1 fully saturated rings. The van der Waals surface area contributed by atoms with Crippen molar-refractivity contribution >= 4 is 5.69 Å². The van der Waals surface area contributed by atoms with Crippen molar-refractivity contribution < 1.29 is 0 Å². The summed E-state index contributed by atoms with van der Waals surface area (Å²) in [7, 11) is 0. The summed E-state index contributed by atoms with van der Waals surface area (Å²) in [6.07, 6.45) is 5.01. The highest BCUT2D eigenvalue weighted by Gasteiger charge is 2.25. The molecule has 1 unspecified atom stereocenters. The van der Waals surface area contributed by atoms with Crippen LogP contribution in [0.5, 0.6) is 0 Å². The largest absolute Gasteiger partial charge is 0.371 e. The van der Waals surface area contributed by atoms with Gasteiger partial charge < -0.3 is 10.6 Å². The highest BCUT2D eigenvalue weighted by Crippen LogP contribution is 2.32. The molecule has 0 amide bonds. The smallest absolute Gasteiger partial charge is 0.0399 e. The highest BCUT2D eigenvalue weighted by molar-refractivity contribution is 5.54. The van der Waals surface area contributed by atoms with Crippen molar-refractivity contribution in [3.8, 4) is 0 Å². The molecule has 0 saturated heterocycles. The van der Waals surface area contributed by atoms with Crippen molar-refractivity contribution in [1.82, 2.24) is 0 Å². The normalized spacial score (nSPS) is 16.6. The minimum absolute atomic E-state index is 0.232. The molecule has 0 heterocycles. The van der Waals surface area contributed by atoms with Gasteiger partial charge in [-0.05, 0) is 50.2 Å². The van der Waals surface area contributed by atoms with Gasteiger partial charge in [-0.1, -0.05) is 25.1 Å². The van der Waals surface area contributed by atoms with Crippen LogP contribution in [0, 0.1) is 5.92 Å². The second kappa shape index (κ2) is 6.24. The zero-order chi connectivity index (χ0) is 13.0. The van der Waals surface area contributed by atoms with Crippen molar-refractivity contribution in [2.45, 2.75) is 45.6 Å². The van der Waals surface area contributed by atoms with Gasteiger partial charge in [0.1, 0.15) is 0 Å². The summed E-state index contributed by atoms with van der Waals surface area (Å²) in [5.41, 5.74) is 8.77. The topological polar surface area (TPSA) is 29.3 Å². The fraction of sp³-hybridized carbons (Fsp3) is 0.625. The molecule has 1 saturated carbocycles. The van der Waals surface area contributed by atoms with Crippen LogP contribution in [-0.2, 0) is 6.42 Å². The Balaban J connectivity index is 2.15. The van der Waals surface area contributed by atoms with Crippen LogP contribution in [-0.4, -0.2) is 19.1 Å². The number of anilines is 1. The van der Waals surface area contributed by atoms with Gasteiger partial charge in [-0.15, -0.1) is 0 Å². The molecule has 1 aromatic rings. The van der Waals surface area contributed by atoms with Gasteiger partial charge in [0.25, 0.3) is 0 Å². The molecule has 2 nitrogen and oxygen atoms in total. The van der Waals surface area contributed by atoms with E-state index in [4.69, 9.17) is 5.73 Å². The van der Waals surface area contributed by atoms with Gasteiger partial charge in [-0.25, -0.2) is 0 Å². The van der Waals surface area contributed by atoms with Gasteiger partial charge in [0.05, 0.1) is 0 Å². The molecule has 0 bridgehead atoms. The molecule has 0 radical (unpaired) electrons. The first-order chi connectivity index (χ1) is 8.70. The summed E-state index contributed by atoms with van der Waals surface area (Å²) in [6, 6.07) is 9.00. The van der Waals surface area contributed by atoms with E-state index >= 15 is 0 Å². The third kappa shape index (κ3) is 3.74. The number of nitrogens with zero attached hydrogens (tertiary/aromatic N) is 1. The Morgan fingerprint density at radius 3 is 2.67 bits per heavy atom. The Morgan fingerprint density at radius 1 is 1.33 bits per heavy atom. The van der Waals surface area contributed by atoms with Crippen LogP contribution in [0.3, 0.4) is 0 Å². The predicted octanol–water partition coefficient (Wildman–Crippen LogP) is 3.20. The van der Waals surface area contributed by atoms with Gasteiger partial charge in [-0.2, -0.15) is 0 Å². The quantitative estimate of drug-likeness (QED) is 0.800. The lowest BCUT2D eigenvalue weighted by atomic mass is 10.0. The summed E-state index contributed by atoms with van der Waals surface area (Å²) in [5, 5.41) is 0. The molecule has 1 aliphatic carbocycles. The number of benzene rings is 1. The molecule has 0 spiro atoms. The second-order valence-electron chi connectivity index (χ2n) is 5.70. The van der Waals surface area contributed by atoms with E-state index in [-0.39, 0.29) is 6.04 Å². The monoisotopic (exact) mass is 246 g/mol. The summed E-state index contributed by atoms with van der Waals surface area (Å²) in [5.74, 6) is 0.930. The Kier molecular flexibility index (Phi) is 4.65. The van der Waals surface area contributed by atoms with E-state index in [0.29, 0.717) is 0 Å². The van der Waals surface area contributed by atoms with Gasteiger partial charge in [0.2, 0.25) is 0 Å². The first-order valence-electron chi connectivity index (χ1n) is 7.29. The Bertz CT molecular complexity index is 369. The van der Waals surface area contributed by atoms with Crippen molar-refractivity contribution in [1.29, 1.82) is 0 Å². The van der Waals surface area contributed by atoms with Crippen LogP contribution in [0.4, 0.5) is 5.69 Å². The van der Waals surface area contributed by atoms with Crippen LogP contribution in [0.25, 0.3) is 0 Å². The number of nitrogens with two attached hydrogens (primary N) is 1. The summed E-state index contributed by atoms with van der Waals surface area (Å²) in [4.78, 5) is 2.56. The Hall–Kier alpha value is -1.02. The molecule has 1 atom stereocenters. The lowest BCUT2D eigenvalue weighted by molar-refractivity contribution is 0.692. The minimum Gasteiger partial charge on any atom is -0.371 e. The average Bonchev–Trinajstić information content (AvgIpc) is 3.12. The van der Waals surface area contributed by atoms with E-state index in [1.54, 1.807) is 0 Å². The van der Waals surface area contributed by atoms with Crippen molar-refractivity contribution in [2.24, 2.45) is 11.7 Å². The van der Waals surface area contributed by atoms with Crippen LogP contribution >= 0.6 is 0 Å². The molecular weight excluding hydrogens is 220 g/mol. The van der Waals surface area contributed by atoms with Crippen molar-refractivity contribution in [2.75, 3.05) is 18.0 Å². The van der Waals surface area contributed by atoms with E-state index in [0.717, 1.165) is 18.9 Å². The number of hydrogen-bond donors (Lipinski definition) is 1. The maximum atomic E-state index is 5.96. The van der Waals surface area contributed by atoms with Gasteiger partial charge in [-0.3, -0.25) is 0 Å². The average molecular weight is 246 g/mol. The summed E-state index contributed by atoms with van der Waals surface area (Å²) < 4.78 is 0. The lowest BCUT2D eigenvalue weighted by Crippen LogP contribution is -2.28. The zero-order valence-electron chi connectivity index (χ0n) is 11.7. The SMILES string of the molecule is CCCN(CC1CC1)c1ccccc1CC(C)N. The van der Waals surface area contributed by atoms with E-state index in [2.05, 4.69) is 43.0 Å². The van der Waals surface area contributed by atoms with E-state index in [1.807, 2.05) is 0 Å². The third-order valence-corrected chi connectivity index (χ3v) is 3.54. The van der Waals surface area contributed by atoms with E-state index in [1.165, 1.54) is 37.1 Å². The summed E-state index contributed by atoms with van der Waals surface area (Å²) >= 11 is 0. The number of hydrogen-bond acceptors (Lipinski definition) is 2. The van der Waals surface area contributed by atoms with Crippen LogP contribution in [0.1, 0.15) is 38.7 Å². The first kappa shape index (κ1) is 13.4. The molecular formula is C16H26N2. The first-order valence-corrected chi connectivity index (χ1v) is 7.29. The third-order valence-electron chi connectivity index (χ3n) is 3.54. The van der Waals surface area contributed by atoms with Crippen LogP contribution < -0.4 is 10.6 Å². The fourth-order valence-electron chi connectivity index (χ4n) is 2.53. The molecule has 0 aromatic heterocycles. The molecule has 18 heavy (non-hydrogen) atoms. The molecule has 0 aliphatic heterocycles. The Morgan fingerprint density at radius 2 is 2.06 bits per heavy atom. The van der Waals surface area contributed by atoms with Gasteiger partial charge >= 0.3 is 0 Å². The van der Waals surface area contributed by atoms with Gasteiger partial charge in [0, 0.05) is 24.8 Å². The van der Waals surface area contributed by atoms with Gasteiger partial charge in [0.15, 0.2) is 0 Å². The standard InChI is InChI=1S/C16H26N2/c1-3-10-18(12-14-8-9-14)16-7-5-4-6-15(16)11-13(2)17/h4-7,13-14H,3,8-12,17H2,1-2H3. The molecule has 2 N–H and O–H groups in total. The molecule has 2 rings (SSSR count). The number of rotatable bonds is 7. The predicted molar refractivity (Wildman–Crippen MR) is 79.0 cm³/mol. The number of para-hydroxylation sites is 1. The van der Waals surface area contributed by atoms with Crippen LogP contribution in [0.2, 0.25) is 0 Å². The van der Waals surface area contributed by atoms with E-state index < -0.39 is 0 Å². The maximum Gasteiger partial charge on any atom is 0.0399 e. The Labute approximate surface area is 111 Å². The lowest BCUT2D eigenvalue weighted by Gasteiger charge is -2.27. The summed E-state index contributed by atoms with van der Waals surface area (Å²) in [6.45, 7) is 6.73. The zero-order valence-corrected chi connectivity index (χ0v) is 11.7. The van der Waals surface area contributed by atoms with Crippen molar-refractivity contribution in [3.05, 3.63) is 29.8 Å². The van der Waals surface area contributed by atoms with E-state index in [9.17, 15) is 0 Å². The second-order valence-corrected chi connectivity index (χ2v) is 5.70. The molecule has 1 aliphatic rings. The van der Waals surface area contributed by atoms with Crippen LogP contribution in [0.15, 0.2) is 24.3 Å².